The number of rotatable bonds is 4. The molecule has 0 unspecified atom stereocenters. The fraction of sp³-hybridized carbons (Fsp3) is 0.412. The van der Waals surface area contributed by atoms with Crippen molar-refractivity contribution >= 4 is 11.8 Å². The molecule has 6 heteroatoms. The summed E-state index contributed by atoms with van der Waals surface area (Å²) in [5, 5.41) is 0. The minimum atomic E-state index is -0.0756. The van der Waals surface area contributed by atoms with Gasteiger partial charge in [0.15, 0.2) is 11.5 Å². The molecule has 1 heterocycles. The van der Waals surface area contributed by atoms with E-state index in [1.165, 1.54) is 7.11 Å². The molecular formula is C17H22N2O4. The first-order chi connectivity index (χ1) is 11.0. The third-order valence-corrected chi connectivity index (χ3v) is 3.85. The number of carbonyl (C=O) groups is 2. The molecule has 1 saturated heterocycles. The Morgan fingerprint density at radius 2 is 1.57 bits per heavy atom. The summed E-state index contributed by atoms with van der Waals surface area (Å²) < 4.78 is 10.4. The SMILES string of the molecule is C=C(C)C(=O)N1CCN(C(=O)c2ccc(OC)c(OC)c2)CC1. The number of hydrogen-bond acceptors (Lipinski definition) is 4. The highest BCUT2D eigenvalue weighted by Gasteiger charge is 2.25. The van der Waals surface area contributed by atoms with E-state index in [0.29, 0.717) is 48.8 Å². The van der Waals surface area contributed by atoms with Crippen molar-refractivity contribution in [3.63, 3.8) is 0 Å². The van der Waals surface area contributed by atoms with Crippen LogP contribution in [0.3, 0.4) is 0 Å². The van der Waals surface area contributed by atoms with E-state index in [0.717, 1.165) is 0 Å². The van der Waals surface area contributed by atoms with Crippen molar-refractivity contribution < 1.29 is 19.1 Å². The molecule has 1 aromatic carbocycles. The largest absolute Gasteiger partial charge is 0.493 e. The molecule has 0 aliphatic carbocycles. The zero-order valence-electron chi connectivity index (χ0n) is 13.8. The van der Waals surface area contributed by atoms with Crippen LogP contribution in [0.2, 0.25) is 0 Å². The molecule has 0 bridgehead atoms. The van der Waals surface area contributed by atoms with Crippen LogP contribution in [-0.2, 0) is 4.79 Å². The van der Waals surface area contributed by atoms with Crippen LogP contribution in [0.1, 0.15) is 17.3 Å². The number of methoxy groups -OCH3 is 2. The summed E-state index contributed by atoms with van der Waals surface area (Å²) in [6.45, 7) is 7.42. The van der Waals surface area contributed by atoms with Crippen LogP contribution in [0.15, 0.2) is 30.4 Å². The Bertz CT molecular complexity index is 619. The maximum Gasteiger partial charge on any atom is 0.254 e. The minimum absolute atomic E-state index is 0.0526. The van der Waals surface area contributed by atoms with Gasteiger partial charge < -0.3 is 19.3 Å². The summed E-state index contributed by atoms with van der Waals surface area (Å²) in [6, 6.07) is 5.11. The fourth-order valence-corrected chi connectivity index (χ4v) is 2.53. The lowest BCUT2D eigenvalue weighted by molar-refractivity contribution is -0.128. The molecule has 1 fully saturated rings. The molecule has 1 aliphatic heterocycles. The first-order valence-electron chi connectivity index (χ1n) is 7.44. The van der Waals surface area contributed by atoms with Gasteiger partial charge in [-0.1, -0.05) is 6.58 Å². The quantitative estimate of drug-likeness (QED) is 0.791. The lowest BCUT2D eigenvalue weighted by Gasteiger charge is -2.35. The first kappa shape index (κ1) is 16.9. The van der Waals surface area contributed by atoms with Crippen molar-refractivity contribution in [2.24, 2.45) is 0 Å². The molecule has 6 nitrogen and oxygen atoms in total. The second kappa shape index (κ2) is 7.17. The van der Waals surface area contributed by atoms with E-state index in [9.17, 15) is 9.59 Å². The van der Waals surface area contributed by atoms with E-state index in [2.05, 4.69) is 6.58 Å². The zero-order chi connectivity index (χ0) is 17.0. The van der Waals surface area contributed by atoms with Gasteiger partial charge in [0, 0.05) is 37.3 Å². The molecule has 0 spiro atoms. The van der Waals surface area contributed by atoms with Crippen LogP contribution in [0, 0.1) is 0 Å². The van der Waals surface area contributed by atoms with Gasteiger partial charge in [-0.05, 0) is 25.1 Å². The van der Waals surface area contributed by atoms with Gasteiger partial charge in [0.1, 0.15) is 0 Å². The van der Waals surface area contributed by atoms with Crippen molar-refractivity contribution in [1.82, 2.24) is 9.80 Å². The third-order valence-electron chi connectivity index (χ3n) is 3.85. The van der Waals surface area contributed by atoms with Gasteiger partial charge in [-0.15, -0.1) is 0 Å². The van der Waals surface area contributed by atoms with Crippen molar-refractivity contribution in [2.75, 3.05) is 40.4 Å². The van der Waals surface area contributed by atoms with Crippen molar-refractivity contribution in [1.29, 1.82) is 0 Å². The van der Waals surface area contributed by atoms with Gasteiger partial charge in [0.25, 0.3) is 5.91 Å². The monoisotopic (exact) mass is 318 g/mol. The van der Waals surface area contributed by atoms with Crippen molar-refractivity contribution in [2.45, 2.75) is 6.92 Å². The predicted octanol–water partition coefficient (Wildman–Crippen LogP) is 1.56. The highest BCUT2D eigenvalue weighted by molar-refractivity contribution is 5.95. The number of benzene rings is 1. The fourth-order valence-electron chi connectivity index (χ4n) is 2.53. The lowest BCUT2D eigenvalue weighted by atomic mass is 10.1. The molecule has 0 saturated carbocycles. The number of ether oxygens (including phenoxy) is 2. The van der Waals surface area contributed by atoms with Crippen LogP contribution in [0.4, 0.5) is 0 Å². The van der Waals surface area contributed by atoms with Gasteiger partial charge >= 0.3 is 0 Å². The van der Waals surface area contributed by atoms with Gasteiger partial charge in [0.05, 0.1) is 14.2 Å². The van der Waals surface area contributed by atoms with E-state index < -0.39 is 0 Å². The summed E-state index contributed by atoms with van der Waals surface area (Å²) in [7, 11) is 3.09. The summed E-state index contributed by atoms with van der Waals surface area (Å²) in [4.78, 5) is 27.9. The smallest absolute Gasteiger partial charge is 0.254 e. The Labute approximate surface area is 136 Å². The Morgan fingerprint density at radius 1 is 1.00 bits per heavy atom. The molecule has 1 aromatic rings. The number of amides is 2. The first-order valence-corrected chi connectivity index (χ1v) is 7.44. The Morgan fingerprint density at radius 3 is 2.09 bits per heavy atom. The zero-order valence-corrected chi connectivity index (χ0v) is 13.8. The van der Waals surface area contributed by atoms with Crippen LogP contribution < -0.4 is 9.47 Å². The lowest BCUT2D eigenvalue weighted by Crippen LogP contribution is -2.50. The summed E-state index contributed by atoms with van der Waals surface area (Å²) in [5.41, 5.74) is 1.06. The number of carbonyl (C=O) groups excluding carboxylic acids is 2. The standard InChI is InChI=1S/C17H22N2O4/c1-12(2)16(20)18-7-9-19(10-8-18)17(21)13-5-6-14(22-3)15(11-13)23-4/h5-6,11H,1,7-10H2,2-4H3. The number of nitrogens with zero attached hydrogens (tertiary/aromatic N) is 2. The molecule has 124 valence electrons. The topological polar surface area (TPSA) is 59.1 Å². The molecule has 0 aromatic heterocycles. The molecule has 2 rings (SSSR count). The average Bonchev–Trinajstić information content (AvgIpc) is 2.59. The van der Waals surface area contributed by atoms with Crippen LogP contribution in [0.25, 0.3) is 0 Å². The molecule has 0 N–H and O–H groups in total. The van der Waals surface area contributed by atoms with Crippen LogP contribution >= 0.6 is 0 Å². The average molecular weight is 318 g/mol. The normalized spacial score (nSPS) is 14.4. The minimum Gasteiger partial charge on any atom is -0.493 e. The molecule has 23 heavy (non-hydrogen) atoms. The van der Waals surface area contributed by atoms with Crippen LogP contribution in [0.5, 0.6) is 11.5 Å². The van der Waals surface area contributed by atoms with Gasteiger partial charge in [-0.3, -0.25) is 9.59 Å². The second-order valence-electron chi connectivity index (χ2n) is 5.43. The maximum atomic E-state index is 12.6. The van der Waals surface area contributed by atoms with E-state index in [4.69, 9.17) is 9.47 Å². The maximum absolute atomic E-state index is 12.6. The molecule has 2 amide bonds. The van der Waals surface area contributed by atoms with E-state index in [1.54, 1.807) is 42.0 Å². The van der Waals surface area contributed by atoms with E-state index in [1.807, 2.05) is 0 Å². The van der Waals surface area contributed by atoms with Gasteiger partial charge in [0.2, 0.25) is 5.91 Å². The van der Waals surface area contributed by atoms with Crippen LogP contribution in [-0.4, -0.2) is 62.0 Å². The van der Waals surface area contributed by atoms with Crippen molar-refractivity contribution in [3.8, 4) is 11.5 Å². The Balaban J connectivity index is 2.05. The predicted molar refractivity (Wildman–Crippen MR) is 86.8 cm³/mol. The van der Waals surface area contributed by atoms with Crippen molar-refractivity contribution in [3.05, 3.63) is 35.9 Å². The highest BCUT2D eigenvalue weighted by atomic mass is 16.5. The van der Waals surface area contributed by atoms with E-state index >= 15 is 0 Å². The van der Waals surface area contributed by atoms with E-state index in [-0.39, 0.29) is 11.8 Å². The van der Waals surface area contributed by atoms with Gasteiger partial charge in [-0.2, -0.15) is 0 Å². The molecular weight excluding hydrogens is 296 g/mol. The molecule has 1 aliphatic rings. The molecule has 0 radical (unpaired) electrons. The molecule has 0 atom stereocenters. The number of piperazine rings is 1. The Kier molecular flexibility index (Phi) is 5.26. The number of hydrogen-bond donors (Lipinski definition) is 0. The third kappa shape index (κ3) is 3.64. The van der Waals surface area contributed by atoms with Gasteiger partial charge in [-0.25, -0.2) is 0 Å². The summed E-state index contributed by atoms with van der Waals surface area (Å²) in [5.74, 6) is 0.979. The second-order valence-corrected chi connectivity index (χ2v) is 5.43. The summed E-state index contributed by atoms with van der Waals surface area (Å²) in [6.07, 6.45) is 0. The Hall–Kier alpha value is -2.50. The summed E-state index contributed by atoms with van der Waals surface area (Å²) >= 11 is 0. The highest BCUT2D eigenvalue weighted by Crippen LogP contribution is 2.28.